The van der Waals surface area contributed by atoms with E-state index in [1.807, 2.05) is 11.3 Å². The lowest BCUT2D eigenvalue weighted by molar-refractivity contribution is -1.02. The number of thiazole rings is 1. The van der Waals surface area contributed by atoms with Gasteiger partial charge in [0.2, 0.25) is 0 Å². The lowest BCUT2D eigenvalue weighted by Gasteiger charge is -2.33. The molecule has 0 saturated carbocycles. The fraction of sp³-hybridized carbons (Fsp3) is 0.600. The van der Waals surface area contributed by atoms with Gasteiger partial charge in [-0.3, -0.25) is 4.79 Å². The van der Waals surface area contributed by atoms with E-state index in [-0.39, 0.29) is 0 Å². The van der Waals surface area contributed by atoms with Crippen molar-refractivity contribution in [3.63, 3.8) is 0 Å². The second-order valence-electron chi connectivity index (χ2n) is 7.99. The van der Waals surface area contributed by atoms with E-state index in [0.717, 1.165) is 57.2 Å². The summed E-state index contributed by atoms with van der Waals surface area (Å²) in [5.74, 6) is 1.14. The second kappa shape index (κ2) is 8.03. The smallest absolute Gasteiger partial charge is 0.277 e. The maximum Gasteiger partial charge on any atom is 0.277 e. The third-order valence-corrected chi connectivity index (χ3v) is 6.98. The quantitative estimate of drug-likeness (QED) is 0.781. The number of likely N-dealkylation sites (tertiary alicyclic amines) is 1. The number of amides is 1. The van der Waals surface area contributed by atoms with Crippen molar-refractivity contribution in [2.24, 2.45) is 5.92 Å². The number of benzene rings is 1. The molecule has 4 rings (SSSR count). The molecule has 2 aliphatic rings. The van der Waals surface area contributed by atoms with E-state index in [1.165, 1.54) is 27.4 Å². The number of carbonyl (C=O) groups is 1. The van der Waals surface area contributed by atoms with E-state index in [9.17, 15) is 4.79 Å². The van der Waals surface area contributed by atoms with Crippen LogP contribution in [0.2, 0.25) is 0 Å². The normalized spacial score (nSPS) is 24.9. The Bertz CT molecular complexity index is 712. The van der Waals surface area contributed by atoms with Crippen molar-refractivity contribution in [2.45, 2.75) is 26.3 Å². The van der Waals surface area contributed by atoms with Gasteiger partial charge in [-0.25, -0.2) is 4.98 Å². The highest BCUT2D eigenvalue weighted by Crippen LogP contribution is 2.20. The van der Waals surface area contributed by atoms with Crippen LogP contribution in [0.25, 0.3) is 10.2 Å². The SMILES string of the molecule is CC1CCN(C(=O)C[NH+]2CC[NH+](Cc3nc4ccccc4s3)CC2)CC1. The molecule has 1 aromatic carbocycles. The molecule has 1 aromatic heterocycles. The molecule has 0 radical (unpaired) electrons. The highest BCUT2D eigenvalue weighted by Gasteiger charge is 2.28. The minimum atomic E-state index is 0.363. The molecule has 5 nitrogen and oxygen atoms in total. The molecule has 6 heteroatoms. The number of aromatic nitrogens is 1. The van der Waals surface area contributed by atoms with Crippen molar-refractivity contribution < 1.29 is 14.6 Å². The Morgan fingerprint density at radius 2 is 1.85 bits per heavy atom. The molecule has 2 N–H and O–H groups in total. The number of nitrogens with one attached hydrogen (secondary N) is 2. The van der Waals surface area contributed by atoms with Crippen LogP contribution in [0.15, 0.2) is 24.3 Å². The number of para-hydroxylation sites is 1. The summed E-state index contributed by atoms with van der Waals surface area (Å²) in [5.41, 5.74) is 1.12. The standard InChI is InChI=1S/C20H28N4OS/c1-16-6-8-24(9-7-16)20(25)15-23-12-10-22(11-13-23)14-19-21-17-4-2-3-5-18(17)26-19/h2-5,16H,6-15H2,1H3/p+2. The van der Waals surface area contributed by atoms with Gasteiger partial charge in [-0.05, 0) is 30.9 Å². The Morgan fingerprint density at radius 3 is 2.58 bits per heavy atom. The third-order valence-electron chi connectivity index (χ3n) is 5.94. The summed E-state index contributed by atoms with van der Waals surface area (Å²) in [4.78, 5) is 22.5. The van der Waals surface area contributed by atoms with Gasteiger partial charge in [0.15, 0.2) is 6.54 Å². The Balaban J connectivity index is 1.24. The van der Waals surface area contributed by atoms with Crippen LogP contribution >= 0.6 is 11.3 Å². The molecule has 140 valence electrons. The number of fused-ring (bicyclic) bond motifs is 1. The first-order valence-corrected chi connectivity index (χ1v) is 10.8. The first-order chi connectivity index (χ1) is 12.7. The van der Waals surface area contributed by atoms with Gasteiger partial charge in [0.1, 0.15) is 37.7 Å². The highest BCUT2D eigenvalue weighted by atomic mass is 32.1. The van der Waals surface area contributed by atoms with Crippen molar-refractivity contribution in [3.8, 4) is 0 Å². The molecular weight excluding hydrogens is 344 g/mol. The number of piperazine rings is 1. The van der Waals surface area contributed by atoms with E-state index < -0.39 is 0 Å². The number of nitrogens with zero attached hydrogens (tertiary/aromatic N) is 2. The van der Waals surface area contributed by atoms with Crippen LogP contribution < -0.4 is 9.80 Å². The molecule has 0 bridgehead atoms. The molecule has 2 saturated heterocycles. The van der Waals surface area contributed by atoms with Crippen molar-refractivity contribution in [3.05, 3.63) is 29.3 Å². The average Bonchev–Trinajstić information content (AvgIpc) is 3.06. The van der Waals surface area contributed by atoms with E-state index in [4.69, 9.17) is 4.98 Å². The summed E-state index contributed by atoms with van der Waals surface area (Å²) in [7, 11) is 0. The zero-order chi connectivity index (χ0) is 17.9. The number of hydrogen-bond donors (Lipinski definition) is 2. The Hall–Kier alpha value is -1.50. The van der Waals surface area contributed by atoms with Gasteiger partial charge in [0.25, 0.3) is 5.91 Å². The monoisotopic (exact) mass is 374 g/mol. The van der Waals surface area contributed by atoms with E-state index >= 15 is 0 Å². The van der Waals surface area contributed by atoms with E-state index in [1.54, 1.807) is 4.90 Å². The second-order valence-corrected chi connectivity index (χ2v) is 9.11. The van der Waals surface area contributed by atoms with Crippen LogP contribution in [0.3, 0.4) is 0 Å². The molecule has 0 atom stereocenters. The molecule has 2 aliphatic heterocycles. The van der Waals surface area contributed by atoms with E-state index in [2.05, 4.69) is 36.1 Å². The summed E-state index contributed by atoms with van der Waals surface area (Å²) < 4.78 is 1.28. The van der Waals surface area contributed by atoms with Crippen LogP contribution in [-0.2, 0) is 11.3 Å². The van der Waals surface area contributed by atoms with Crippen LogP contribution in [-0.4, -0.2) is 61.6 Å². The summed E-state index contributed by atoms with van der Waals surface area (Å²) in [6.45, 7) is 10.4. The predicted octanol–water partition coefficient (Wildman–Crippen LogP) is -0.162. The van der Waals surface area contributed by atoms with Crippen molar-refractivity contribution in [1.82, 2.24) is 9.88 Å². The Kier molecular flexibility index (Phi) is 5.52. The third kappa shape index (κ3) is 4.24. The van der Waals surface area contributed by atoms with Gasteiger partial charge in [-0.15, -0.1) is 11.3 Å². The fourth-order valence-electron chi connectivity index (χ4n) is 4.10. The van der Waals surface area contributed by atoms with Gasteiger partial charge in [0, 0.05) is 13.1 Å². The number of hydrogen-bond acceptors (Lipinski definition) is 3. The maximum absolute atomic E-state index is 12.5. The van der Waals surface area contributed by atoms with Crippen molar-refractivity contribution in [1.29, 1.82) is 0 Å². The van der Waals surface area contributed by atoms with Crippen molar-refractivity contribution in [2.75, 3.05) is 45.8 Å². The average molecular weight is 375 g/mol. The molecule has 3 heterocycles. The van der Waals surface area contributed by atoms with Gasteiger partial charge < -0.3 is 14.7 Å². The summed E-state index contributed by atoms with van der Waals surface area (Å²) in [6, 6.07) is 8.39. The topological polar surface area (TPSA) is 42.1 Å². The van der Waals surface area contributed by atoms with E-state index in [0.29, 0.717) is 12.5 Å². The molecular formula is C20H30N4OS+2. The zero-order valence-corrected chi connectivity index (χ0v) is 16.5. The summed E-state index contributed by atoms with van der Waals surface area (Å²) in [5, 5.41) is 1.24. The van der Waals surface area contributed by atoms with Crippen LogP contribution in [0.4, 0.5) is 0 Å². The lowest BCUT2D eigenvalue weighted by atomic mass is 9.99. The number of carbonyl (C=O) groups excluding carboxylic acids is 1. The fourth-order valence-corrected chi connectivity index (χ4v) is 5.14. The Labute approximate surface area is 159 Å². The van der Waals surface area contributed by atoms with Crippen LogP contribution in [0, 0.1) is 5.92 Å². The maximum atomic E-state index is 12.5. The molecule has 26 heavy (non-hydrogen) atoms. The lowest BCUT2D eigenvalue weighted by Crippen LogP contribution is -3.28. The highest BCUT2D eigenvalue weighted by molar-refractivity contribution is 7.18. The van der Waals surface area contributed by atoms with Gasteiger partial charge in [0.05, 0.1) is 10.2 Å². The van der Waals surface area contributed by atoms with Crippen LogP contribution in [0.5, 0.6) is 0 Å². The van der Waals surface area contributed by atoms with Gasteiger partial charge in [-0.1, -0.05) is 19.1 Å². The molecule has 0 unspecified atom stereocenters. The molecule has 2 aromatic rings. The first-order valence-electron chi connectivity index (χ1n) is 9.97. The van der Waals surface area contributed by atoms with Crippen molar-refractivity contribution >= 4 is 27.5 Å². The molecule has 0 spiro atoms. The van der Waals surface area contributed by atoms with Crippen LogP contribution in [0.1, 0.15) is 24.8 Å². The number of quaternary nitrogens is 2. The Morgan fingerprint density at radius 1 is 1.15 bits per heavy atom. The molecule has 0 aliphatic carbocycles. The minimum absolute atomic E-state index is 0.363. The largest absolute Gasteiger partial charge is 0.338 e. The van der Waals surface area contributed by atoms with Gasteiger partial charge >= 0.3 is 0 Å². The molecule has 1 amide bonds. The molecule has 2 fully saturated rings. The number of piperidine rings is 1. The predicted molar refractivity (Wildman–Crippen MR) is 105 cm³/mol. The van der Waals surface area contributed by atoms with Gasteiger partial charge in [-0.2, -0.15) is 0 Å². The summed E-state index contributed by atoms with van der Waals surface area (Å²) >= 11 is 1.82. The minimum Gasteiger partial charge on any atom is -0.338 e. The number of rotatable bonds is 4. The summed E-state index contributed by atoms with van der Waals surface area (Å²) in [6.07, 6.45) is 2.34. The first kappa shape index (κ1) is 17.9. The zero-order valence-electron chi connectivity index (χ0n) is 15.7.